The second kappa shape index (κ2) is 8.51. The molecule has 0 aliphatic carbocycles. The minimum Gasteiger partial charge on any atom is -0.301 e. The lowest BCUT2D eigenvalue weighted by Gasteiger charge is -2.03. The molecule has 1 unspecified atom stereocenters. The highest BCUT2D eigenvalue weighted by Gasteiger charge is 1.97. The molecule has 0 spiro atoms. The Morgan fingerprint density at radius 3 is 2.50 bits per heavy atom. The Labute approximate surface area is 76.6 Å². The predicted octanol–water partition coefficient (Wildman–Crippen LogP) is 3.46. The number of hydrogen-bond acceptors (Lipinski definition) is 1. The van der Waals surface area contributed by atoms with Crippen molar-refractivity contribution in [2.75, 3.05) is 7.05 Å². The van der Waals surface area contributed by atoms with Crippen LogP contribution in [0.25, 0.3) is 0 Å². The summed E-state index contributed by atoms with van der Waals surface area (Å²) in [6.45, 7) is 4.41. The number of aliphatic imine (C=N–C) groups is 1. The van der Waals surface area contributed by atoms with Gasteiger partial charge >= 0.3 is 0 Å². The molecule has 0 aromatic carbocycles. The molecule has 0 bridgehead atoms. The SMILES string of the molecule is CCC/C=C/CC(C=NC)CC. The highest BCUT2D eigenvalue weighted by molar-refractivity contribution is 5.60. The van der Waals surface area contributed by atoms with Gasteiger partial charge in [-0.1, -0.05) is 32.4 Å². The van der Waals surface area contributed by atoms with Crippen LogP contribution in [-0.2, 0) is 0 Å². The Morgan fingerprint density at radius 2 is 2.00 bits per heavy atom. The third kappa shape index (κ3) is 6.14. The van der Waals surface area contributed by atoms with E-state index < -0.39 is 0 Å². The molecule has 0 fully saturated rings. The molecule has 0 saturated heterocycles. The van der Waals surface area contributed by atoms with Gasteiger partial charge in [0.2, 0.25) is 0 Å². The highest BCUT2D eigenvalue weighted by atomic mass is 14.6. The van der Waals surface area contributed by atoms with Gasteiger partial charge in [0.25, 0.3) is 0 Å². The van der Waals surface area contributed by atoms with Gasteiger partial charge in [-0.25, -0.2) is 0 Å². The fourth-order valence-electron chi connectivity index (χ4n) is 1.10. The normalized spacial score (nSPS) is 14.6. The van der Waals surface area contributed by atoms with Crippen molar-refractivity contribution in [1.29, 1.82) is 0 Å². The van der Waals surface area contributed by atoms with E-state index in [1.165, 1.54) is 19.3 Å². The molecule has 1 nitrogen and oxygen atoms in total. The minimum atomic E-state index is 0.642. The van der Waals surface area contributed by atoms with Crippen molar-refractivity contribution in [1.82, 2.24) is 0 Å². The van der Waals surface area contributed by atoms with Gasteiger partial charge in [0.15, 0.2) is 0 Å². The standard InChI is InChI=1S/C11H21N/c1-4-6-7-8-9-11(5-2)10-12-3/h7-8,10-11H,4-6,9H2,1-3H3/b8-7+,12-10?. The van der Waals surface area contributed by atoms with Crippen molar-refractivity contribution in [2.24, 2.45) is 10.9 Å². The van der Waals surface area contributed by atoms with Crippen LogP contribution in [-0.4, -0.2) is 13.3 Å². The second-order valence-electron chi connectivity index (χ2n) is 3.07. The Kier molecular flexibility index (Phi) is 8.09. The molecule has 1 heteroatoms. The van der Waals surface area contributed by atoms with Crippen LogP contribution in [0, 0.1) is 5.92 Å². The molecular weight excluding hydrogens is 146 g/mol. The molecule has 1 atom stereocenters. The van der Waals surface area contributed by atoms with Crippen molar-refractivity contribution in [3.63, 3.8) is 0 Å². The minimum absolute atomic E-state index is 0.642. The molecule has 12 heavy (non-hydrogen) atoms. The summed E-state index contributed by atoms with van der Waals surface area (Å²) in [5.74, 6) is 0.642. The zero-order valence-corrected chi connectivity index (χ0v) is 8.59. The second-order valence-corrected chi connectivity index (χ2v) is 3.07. The molecule has 0 saturated carbocycles. The van der Waals surface area contributed by atoms with Crippen LogP contribution in [0.5, 0.6) is 0 Å². The maximum atomic E-state index is 4.05. The Balaban J connectivity index is 3.56. The molecule has 0 aliphatic rings. The van der Waals surface area contributed by atoms with Crippen LogP contribution in [0.15, 0.2) is 17.1 Å². The molecule has 0 aliphatic heterocycles. The lowest BCUT2D eigenvalue weighted by atomic mass is 10.0. The number of nitrogens with zero attached hydrogens (tertiary/aromatic N) is 1. The van der Waals surface area contributed by atoms with Gasteiger partial charge < -0.3 is 4.99 Å². The summed E-state index contributed by atoms with van der Waals surface area (Å²) in [6, 6.07) is 0. The van der Waals surface area contributed by atoms with Crippen LogP contribution >= 0.6 is 0 Å². The van der Waals surface area contributed by atoms with Gasteiger partial charge in [-0.05, 0) is 25.2 Å². The van der Waals surface area contributed by atoms with Crippen LogP contribution in [0.2, 0.25) is 0 Å². The zero-order chi connectivity index (χ0) is 9.23. The van der Waals surface area contributed by atoms with Gasteiger partial charge in [0, 0.05) is 13.3 Å². The molecule has 70 valence electrons. The Bertz CT molecular complexity index is 136. The third-order valence-electron chi connectivity index (χ3n) is 1.95. The van der Waals surface area contributed by atoms with Crippen LogP contribution in [0.3, 0.4) is 0 Å². The van der Waals surface area contributed by atoms with E-state index in [1.54, 1.807) is 0 Å². The number of hydrogen-bond donors (Lipinski definition) is 0. The number of allylic oxidation sites excluding steroid dienone is 2. The third-order valence-corrected chi connectivity index (χ3v) is 1.95. The van der Waals surface area contributed by atoms with E-state index >= 15 is 0 Å². The van der Waals surface area contributed by atoms with Gasteiger partial charge in [-0.2, -0.15) is 0 Å². The maximum Gasteiger partial charge on any atom is 0.0273 e. The number of rotatable bonds is 6. The Hall–Kier alpha value is -0.590. The summed E-state index contributed by atoms with van der Waals surface area (Å²) in [7, 11) is 1.85. The fourth-order valence-corrected chi connectivity index (χ4v) is 1.10. The van der Waals surface area contributed by atoms with Gasteiger partial charge in [0.05, 0.1) is 0 Å². The maximum absolute atomic E-state index is 4.05. The van der Waals surface area contributed by atoms with Crippen molar-refractivity contribution >= 4 is 6.21 Å². The van der Waals surface area contributed by atoms with Crippen LogP contribution < -0.4 is 0 Å². The molecule has 0 heterocycles. The van der Waals surface area contributed by atoms with E-state index in [2.05, 4.69) is 37.2 Å². The average Bonchev–Trinajstić information content (AvgIpc) is 2.10. The zero-order valence-electron chi connectivity index (χ0n) is 8.59. The van der Waals surface area contributed by atoms with E-state index in [-0.39, 0.29) is 0 Å². The molecule has 0 aromatic heterocycles. The average molecular weight is 167 g/mol. The first-order valence-corrected chi connectivity index (χ1v) is 4.92. The molecule has 0 N–H and O–H groups in total. The van der Waals surface area contributed by atoms with Crippen molar-refractivity contribution in [3.8, 4) is 0 Å². The van der Waals surface area contributed by atoms with Gasteiger partial charge in [-0.3, -0.25) is 0 Å². The number of unbranched alkanes of at least 4 members (excludes halogenated alkanes) is 1. The van der Waals surface area contributed by atoms with Gasteiger partial charge in [-0.15, -0.1) is 0 Å². The highest BCUT2D eigenvalue weighted by Crippen LogP contribution is 2.06. The largest absolute Gasteiger partial charge is 0.301 e. The van der Waals surface area contributed by atoms with Crippen molar-refractivity contribution in [3.05, 3.63) is 12.2 Å². The molecule has 0 aromatic rings. The topological polar surface area (TPSA) is 12.4 Å². The Morgan fingerprint density at radius 1 is 1.25 bits per heavy atom. The van der Waals surface area contributed by atoms with Crippen molar-refractivity contribution < 1.29 is 0 Å². The lowest BCUT2D eigenvalue weighted by Crippen LogP contribution is -1.97. The summed E-state index contributed by atoms with van der Waals surface area (Å²) < 4.78 is 0. The van der Waals surface area contributed by atoms with E-state index in [0.29, 0.717) is 5.92 Å². The van der Waals surface area contributed by atoms with E-state index in [0.717, 1.165) is 6.42 Å². The van der Waals surface area contributed by atoms with Crippen LogP contribution in [0.1, 0.15) is 39.5 Å². The van der Waals surface area contributed by atoms with E-state index in [9.17, 15) is 0 Å². The first-order chi connectivity index (χ1) is 5.85. The molecule has 0 radical (unpaired) electrons. The smallest absolute Gasteiger partial charge is 0.0273 e. The quantitative estimate of drug-likeness (QED) is 0.424. The fraction of sp³-hybridized carbons (Fsp3) is 0.727. The monoisotopic (exact) mass is 167 g/mol. The molecular formula is C11H21N. The first-order valence-electron chi connectivity index (χ1n) is 4.92. The summed E-state index contributed by atoms with van der Waals surface area (Å²) in [5, 5.41) is 0. The lowest BCUT2D eigenvalue weighted by molar-refractivity contribution is 0.687. The van der Waals surface area contributed by atoms with Crippen molar-refractivity contribution in [2.45, 2.75) is 39.5 Å². The predicted molar refractivity (Wildman–Crippen MR) is 56.9 cm³/mol. The molecule has 0 rings (SSSR count). The summed E-state index contributed by atoms with van der Waals surface area (Å²) >= 11 is 0. The van der Waals surface area contributed by atoms with Gasteiger partial charge in [0.1, 0.15) is 0 Å². The summed E-state index contributed by atoms with van der Waals surface area (Å²) in [5.41, 5.74) is 0. The van der Waals surface area contributed by atoms with E-state index in [4.69, 9.17) is 0 Å². The molecule has 0 amide bonds. The summed E-state index contributed by atoms with van der Waals surface area (Å²) in [4.78, 5) is 4.05. The van der Waals surface area contributed by atoms with E-state index in [1.807, 2.05) is 7.05 Å². The summed E-state index contributed by atoms with van der Waals surface area (Å²) in [6.07, 6.45) is 11.4. The van der Waals surface area contributed by atoms with Crippen LogP contribution in [0.4, 0.5) is 0 Å². The first kappa shape index (κ1) is 11.4.